The Morgan fingerprint density at radius 1 is 1.46 bits per heavy atom. The van der Waals surface area contributed by atoms with Crippen molar-refractivity contribution in [3.63, 3.8) is 0 Å². The van der Waals surface area contributed by atoms with Crippen LogP contribution in [0.1, 0.15) is 23.4 Å². The van der Waals surface area contributed by atoms with Gasteiger partial charge in [0, 0.05) is 30.2 Å². The average Bonchev–Trinajstić information content (AvgIpc) is 3.01. The largest absolute Gasteiger partial charge is 0.470 e. The Morgan fingerprint density at radius 3 is 3.12 bits per heavy atom. The quantitative estimate of drug-likeness (QED) is 0.867. The van der Waals surface area contributed by atoms with Gasteiger partial charge < -0.3 is 14.8 Å². The molecular weight excluding hydrogens is 326 g/mol. The molecule has 7 heteroatoms. The van der Waals surface area contributed by atoms with E-state index in [1.54, 1.807) is 23.6 Å². The minimum Gasteiger partial charge on any atom is -0.470 e. The van der Waals surface area contributed by atoms with E-state index in [-0.39, 0.29) is 18.1 Å². The zero-order valence-corrected chi connectivity index (χ0v) is 14.4. The normalized spacial score (nSPS) is 20.5. The standard InChI is InChI=1S/C17H21N3O3S/c1-12-15(24-11-19-12)5-6-16(21)20-13-7-9-22-10-14(13)23-17-4-2-3-8-18-17/h2-4,8,11,13-14H,5-7,9-10H2,1H3,(H,20,21). The summed E-state index contributed by atoms with van der Waals surface area (Å²) in [5.41, 5.74) is 2.83. The molecule has 2 atom stereocenters. The fraction of sp³-hybridized carbons (Fsp3) is 0.471. The van der Waals surface area contributed by atoms with Crippen molar-refractivity contribution in [1.82, 2.24) is 15.3 Å². The number of thiazole rings is 1. The summed E-state index contributed by atoms with van der Waals surface area (Å²) >= 11 is 1.60. The number of carbonyl (C=O) groups is 1. The highest BCUT2D eigenvalue weighted by molar-refractivity contribution is 7.09. The molecule has 0 saturated carbocycles. The molecule has 2 aromatic rings. The molecule has 1 N–H and O–H groups in total. The van der Waals surface area contributed by atoms with Gasteiger partial charge in [0.2, 0.25) is 11.8 Å². The highest BCUT2D eigenvalue weighted by Gasteiger charge is 2.29. The zero-order chi connectivity index (χ0) is 16.8. The minimum absolute atomic E-state index is 0.0318. The molecule has 2 aromatic heterocycles. The number of rotatable bonds is 6. The number of hydrogen-bond acceptors (Lipinski definition) is 6. The number of amides is 1. The van der Waals surface area contributed by atoms with Gasteiger partial charge in [-0.25, -0.2) is 9.97 Å². The molecule has 0 aromatic carbocycles. The van der Waals surface area contributed by atoms with Crippen LogP contribution in [0, 0.1) is 6.92 Å². The van der Waals surface area contributed by atoms with E-state index in [1.165, 1.54) is 4.88 Å². The maximum Gasteiger partial charge on any atom is 0.220 e. The topological polar surface area (TPSA) is 73.3 Å². The Balaban J connectivity index is 1.53. The fourth-order valence-electron chi connectivity index (χ4n) is 2.64. The molecule has 24 heavy (non-hydrogen) atoms. The number of pyridine rings is 1. The van der Waals surface area contributed by atoms with E-state index in [1.807, 2.05) is 24.6 Å². The molecular formula is C17H21N3O3S. The highest BCUT2D eigenvalue weighted by Crippen LogP contribution is 2.17. The molecule has 0 radical (unpaired) electrons. The van der Waals surface area contributed by atoms with Crippen molar-refractivity contribution in [2.24, 2.45) is 0 Å². The third-order valence-corrected chi connectivity index (χ3v) is 4.98. The number of nitrogens with one attached hydrogen (secondary N) is 1. The molecule has 1 amide bonds. The van der Waals surface area contributed by atoms with Gasteiger partial charge in [-0.1, -0.05) is 6.07 Å². The van der Waals surface area contributed by atoms with Gasteiger partial charge in [-0.05, 0) is 25.8 Å². The average molecular weight is 347 g/mol. The summed E-state index contributed by atoms with van der Waals surface area (Å²) in [7, 11) is 0. The van der Waals surface area contributed by atoms with Gasteiger partial charge in [-0.15, -0.1) is 11.3 Å². The lowest BCUT2D eigenvalue weighted by molar-refractivity contribution is -0.124. The first-order chi connectivity index (χ1) is 11.7. The smallest absolute Gasteiger partial charge is 0.220 e. The van der Waals surface area contributed by atoms with Gasteiger partial charge >= 0.3 is 0 Å². The first kappa shape index (κ1) is 16.9. The molecule has 3 rings (SSSR count). The predicted molar refractivity (Wildman–Crippen MR) is 91.2 cm³/mol. The molecule has 1 fully saturated rings. The summed E-state index contributed by atoms with van der Waals surface area (Å²) in [4.78, 5) is 21.8. The summed E-state index contributed by atoms with van der Waals surface area (Å²) < 4.78 is 11.4. The number of nitrogens with zero attached hydrogens (tertiary/aromatic N) is 2. The summed E-state index contributed by atoms with van der Waals surface area (Å²) in [5, 5.41) is 3.08. The first-order valence-corrected chi connectivity index (χ1v) is 8.94. The van der Waals surface area contributed by atoms with E-state index >= 15 is 0 Å². The molecule has 2 unspecified atom stereocenters. The highest BCUT2D eigenvalue weighted by atomic mass is 32.1. The second kappa shape index (κ2) is 8.21. The van der Waals surface area contributed by atoms with Gasteiger partial charge in [-0.2, -0.15) is 0 Å². The molecule has 128 valence electrons. The van der Waals surface area contributed by atoms with Gasteiger partial charge in [0.1, 0.15) is 6.10 Å². The van der Waals surface area contributed by atoms with Crippen LogP contribution >= 0.6 is 11.3 Å². The predicted octanol–water partition coefficient (Wildman–Crippen LogP) is 2.13. The van der Waals surface area contributed by atoms with Crippen molar-refractivity contribution in [1.29, 1.82) is 0 Å². The van der Waals surface area contributed by atoms with E-state index in [0.29, 0.717) is 25.5 Å². The summed E-state index contributed by atoms with van der Waals surface area (Å²) in [6.45, 7) is 3.05. The van der Waals surface area contributed by atoms with Crippen LogP contribution in [0.5, 0.6) is 5.88 Å². The van der Waals surface area contributed by atoms with Crippen molar-refractivity contribution in [3.05, 3.63) is 40.5 Å². The van der Waals surface area contributed by atoms with E-state index in [2.05, 4.69) is 15.3 Å². The van der Waals surface area contributed by atoms with Crippen LogP contribution in [-0.4, -0.2) is 41.2 Å². The molecule has 1 aliphatic rings. The van der Waals surface area contributed by atoms with Gasteiger partial charge in [-0.3, -0.25) is 4.79 Å². The number of ether oxygens (including phenoxy) is 2. The number of aryl methyl sites for hydroxylation is 2. The van der Waals surface area contributed by atoms with Crippen molar-refractivity contribution >= 4 is 17.2 Å². The van der Waals surface area contributed by atoms with Crippen LogP contribution in [0.3, 0.4) is 0 Å². The molecule has 0 spiro atoms. The Bertz CT molecular complexity index is 662. The summed E-state index contributed by atoms with van der Waals surface area (Å²) in [6, 6.07) is 5.46. The van der Waals surface area contributed by atoms with Crippen LogP contribution in [0.2, 0.25) is 0 Å². The van der Waals surface area contributed by atoms with Crippen molar-refractivity contribution in [3.8, 4) is 5.88 Å². The Kier molecular flexibility index (Phi) is 5.77. The maximum atomic E-state index is 12.3. The Morgan fingerprint density at radius 2 is 2.38 bits per heavy atom. The second-order valence-corrected chi connectivity index (χ2v) is 6.66. The molecule has 0 aliphatic carbocycles. The van der Waals surface area contributed by atoms with Gasteiger partial charge in [0.05, 0.1) is 23.9 Å². The van der Waals surface area contributed by atoms with E-state index < -0.39 is 0 Å². The monoisotopic (exact) mass is 347 g/mol. The first-order valence-electron chi connectivity index (χ1n) is 8.06. The fourth-order valence-corrected chi connectivity index (χ4v) is 3.42. The van der Waals surface area contributed by atoms with Crippen LogP contribution in [0.15, 0.2) is 29.9 Å². The summed E-state index contributed by atoms with van der Waals surface area (Å²) in [5.74, 6) is 0.580. The van der Waals surface area contributed by atoms with E-state index in [0.717, 1.165) is 18.5 Å². The molecule has 1 saturated heterocycles. The number of carbonyl (C=O) groups excluding carboxylic acids is 1. The van der Waals surface area contributed by atoms with Crippen molar-refractivity contribution < 1.29 is 14.3 Å². The SMILES string of the molecule is Cc1ncsc1CCC(=O)NC1CCOCC1Oc1ccccn1. The van der Waals surface area contributed by atoms with E-state index in [9.17, 15) is 4.79 Å². The molecule has 1 aliphatic heterocycles. The summed E-state index contributed by atoms with van der Waals surface area (Å²) in [6.07, 6.45) is 3.38. The van der Waals surface area contributed by atoms with Crippen molar-refractivity contribution in [2.45, 2.75) is 38.3 Å². The molecule has 3 heterocycles. The van der Waals surface area contributed by atoms with Gasteiger partial charge in [0.15, 0.2) is 0 Å². The van der Waals surface area contributed by atoms with Crippen molar-refractivity contribution in [2.75, 3.05) is 13.2 Å². The lowest BCUT2D eigenvalue weighted by Gasteiger charge is -2.32. The van der Waals surface area contributed by atoms with Crippen LogP contribution in [0.25, 0.3) is 0 Å². The maximum absolute atomic E-state index is 12.3. The van der Waals surface area contributed by atoms with Crippen LogP contribution < -0.4 is 10.1 Å². The number of hydrogen-bond donors (Lipinski definition) is 1. The molecule has 6 nitrogen and oxygen atoms in total. The van der Waals surface area contributed by atoms with E-state index in [4.69, 9.17) is 9.47 Å². The third kappa shape index (κ3) is 4.52. The minimum atomic E-state index is -0.220. The zero-order valence-electron chi connectivity index (χ0n) is 13.6. The Hall–Kier alpha value is -1.99. The number of aromatic nitrogens is 2. The molecule has 0 bridgehead atoms. The second-order valence-electron chi connectivity index (χ2n) is 5.72. The lowest BCUT2D eigenvalue weighted by Crippen LogP contribution is -2.51. The van der Waals surface area contributed by atoms with Gasteiger partial charge in [0.25, 0.3) is 0 Å². The van der Waals surface area contributed by atoms with Crippen LogP contribution in [0.4, 0.5) is 0 Å². The van der Waals surface area contributed by atoms with Crippen LogP contribution in [-0.2, 0) is 16.0 Å². The lowest BCUT2D eigenvalue weighted by atomic mass is 10.1. The Labute approximate surface area is 145 Å². The third-order valence-electron chi connectivity index (χ3n) is 3.98.